The lowest BCUT2D eigenvalue weighted by Crippen LogP contribution is -2.13. The third kappa shape index (κ3) is 5.73. The molecule has 0 atom stereocenters. The highest BCUT2D eigenvalue weighted by Crippen LogP contribution is 2.28. The van der Waals surface area contributed by atoms with Crippen LogP contribution in [0.15, 0.2) is 60.7 Å². The average Bonchev–Trinajstić information content (AvgIpc) is 3.10. The van der Waals surface area contributed by atoms with Crippen molar-refractivity contribution in [3.63, 3.8) is 0 Å². The van der Waals surface area contributed by atoms with Crippen LogP contribution in [0.2, 0.25) is 0 Å². The molecule has 0 radical (unpaired) electrons. The number of benzene rings is 2. The minimum atomic E-state index is -0.227. The van der Waals surface area contributed by atoms with Crippen molar-refractivity contribution in [1.29, 1.82) is 0 Å². The zero-order chi connectivity index (χ0) is 21.3. The molecule has 0 bridgehead atoms. The number of carbonyl (C=O) groups is 1. The number of hydrogen-bond acceptors (Lipinski definition) is 4. The molecule has 0 saturated heterocycles. The maximum atomic E-state index is 12.5. The Morgan fingerprint density at radius 2 is 1.93 bits per heavy atom. The number of nitrogens with zero attached hydrogens (tertiary/aromatic N) is 2. The molecule has 0 saturated carbocycles. The van der Waals surface area contributed by atoms with Crippen molar-refractivity contribution in [1.82, 2.24) is 9.78 Å². The van der Waals surface area contributed by atoms with Gasteiger partial charge in [-0.15, -0.1) is 0 Å². The van der Waals surface area contributed by atoms with Gasteiger partial charge in [0.05, 0.1) is 26.0 Å². The van der Waals surface area contributed by atoms with Crippen molar-refractivity contribution in [3.05, 3.63) is 77.5 Å². The van der Waals surface area contributed by atoms with Crippen LogP contribution < -0.4 is 14.8 Å². The number of anilines is 1. The fraction of sp³-hybridized carbons (Fsp3) is 0.250. The fourth-order valence-corrected chi connectivity index (χ4v) is 2.98. The van der Waals surface area contributed by atoms with E-state index in [0.717, 1.165) is 23.2 Å². The smallest absolute Gasteiger partial charge is 0.249 e. The van der Waals surface area contributed by atoms with E-state index < -0.39 is 0 Å². The number of carbonyl (C=O) groups excluding carboxylic acids is 1. The fourth-order valence-electron chi connectivity index (χ4n) is 2.98. The van der Waals surface area contributed by atoms with Gasteiger partial charge in [0.15, 0.2) is 11.5 Å². The van der Waals surface area contributed by atoms with Crippen LogP contribution in [-0.2, 0) is 11.3 Å². The number of aryl methyl sites for hydroxylation is 1. The number of ether oxygens (including phenoxy) is 2. The lowest BCUT2D eigenvalue weighted by molar-refractivity contribution is -0.111. The lowest BCUT2D eigenvalue weighted by atomic mass is 10.2. The zero-order valence-electron chi connectivity index (χ0n) is 17.6. The summed E-state index contributed by atoms with van der Waals surface area (Å²) in [6, 6.07) is 17.5. The van der Waals surface area contributed by atoms with Gasteiger partial charge in [-0.25, -0.2) is 4.68 Å². The first kappa shape index (κ1) is 21.2. The second kappa shape index (κ2) is 10.3. The Morgan fingerprint density at radius 3 is 2.67 bits per heavy atom. The Hall–Kier alpha value is -3.54. The molecule has 3 aromatic rings. The van der Waals surface area contributed by atoms with Crippen LogP contribution in [0.25, 0.3) is 6.08 Å². The first-order valence-electron chi connectivity index (χ1n) is 9.97. The molecule has 1 amide bonds. The van der Waals surface area contributed by atoms with Crippen molar-refractivity contribution in [3.8, 4) is 11.5 Å². The Bertz CT molecular complexity index is 1010. The van der Waals surface area contributed by atoms with Crippen molar-refractivity contribution in [2.45, 2.75) is 26.8 Å². The van der Waals surface area contributed by atoms with Crippen LogP contribution in [-0.4, -0.2) is 29.4 Å². The standard InChI is InChI=1S/C24H27N3O3/c1-4-14-30-21-12-10-19(16-22(21)29-3)11-13-24(28)25-23-15-18(2)26-27(23)17-20-8-6-5-7-9-20/h5-13,15-16H,4,14,17H2,1-3H3,(H,25,28). The number of aromatic nitrogens is 2. The molecule has 1 heterocycles. The number of amides is 1. The Kier molecular flexibility index (Phi) is 7.27. The molecule has 2 aromatic carbocycles. The van der Waals surface area contributed by atoms with Crippen molar-refractivity contribution in [2.24, 2.45) is 0 Å². The molecule has 1 aromatic heterocycles. The molecule has 30 heavy (non-hydrogen) atoms. The SMILES string of the molecule is CCCOc1ccc(C=CC(=O)Nc2cc(C)nn2Cc2ccccc2)cc1OC. The van der Waals surface area contributed by atoms with Gasteiger partial charge < -0.3 is 14.8 Å². The maximum absolute atomic E-state index is 12.5. The van der Waals surface area contributed by atoms with E-state index in [2.05, 4.69) is 17.3 Å². The summed E-state index contributed by atoms with van der Waals surface area (Å²) < 4.78 is 12.8. The van der Waals surface area contributed by atoms with Gasteiger partial charge in [0, 0.05) is 12.1 Å². The normalized spacial score (nSPS) is 10.9. The van der Waals surface area contributed by atoms with Gasteiger partial charge in [-0.2, -0.15) is 5.10 Å². The summed E-state index contributed by atoms with van der Waals surface area (Å²) >= 11 is 0. The number of hydrogen-bond donors (Lipinski definition) is 1. The molecule has 0 aliphatic rings. The van der Waals surface area contributed by atoms with E-state index in [-0.39, 0.29) is 5.91 Å². The Balaban J connectivity index is 1.68. The van der Waals surface area contributed by atoms with E-state index in [1.165, 1.54) is 6.08 Å². The third-order valence-corrected chi connectivity index (χ3v) is 4.41. The second-order valence-corrected chi connectivity index (χ2v) is 6.90. The van der Waals surface area contributed by atoms with Gasteiger partial charge >= 0.3 is 0 Å². The molecular formula is C24H27N3O3. The number of methoxy groups -OCH3 is 1. The predicted octanol–water partition coefficient (Wildman–Crippen LogP) is 4.69. The summed E-state index contributed by atoms with van der Waals surface area (Å²) in [7, 11) is 1.60. The minimum absolute atomic E-state index is 0.227. The molecule has 0 aliphatic carbocycles. The largest absolute Gasteiger partial charge is 0.493 e. The summed E-state index contributed by atoms with van der Waals surface area (Å²) in [5, 5.41) is 7.39. The van der Waals surface area contributed by atoms with Crippen molar-refractivity contribution in [2.75, 3.05) is 19.0 Å². The summed E-state index contributed by atoms with van der Waals surface area (Å²) in [6.45, 7) is 5.17. The van der Waals surface area contributed by atoms with Gasteiger partial charge in [-0.3, -0.25) is 4.79 Å². The van der Waals surface area contributed by atoms with Crippen LogP contribution in [0.5, 0.6) is 11.5 Å². The van der Waals surface area contributed by atoms with E-state index in [9.17, 15) is 4.79 Å². The predicted molar refractivity (Wildman–Crippen MR) is 119 cm³/mol. The van der Waals surface area contributed by atoms with Crippen molar-refractivity contribution < 1.29 is 14.3 Å². The molecule has 6 nitrogen and oxygen atoms in total. The van der Waals surface area contributed by atoms with E-state index in [1.54, 1.807) is 17.9 Å². The molecule has 156 valence electrons. The monoisotopic (exact) mass is 405 g/mol. The summed E-state index contributed by atoms with van der Waals surface area (Å²) in [5.74, 6) is 1.77. The molecule has 0 aliphatic heterocycles. The maximum Gasteiger partial charge on any atom is 0.249 e. The molecular weight excluding hydrogens is 378 g/mol. The topological polar surface area (TPSA) is 65.4 Å². The number of rotatable bonds is 9. The Morgan fingerprint density at radius 1 is 1.13 bits per heavy atom. The molecule has 0 spiro atoms. The Labute approximate surface area is 177 Å². The van der Waals surface area contributed by atoms with E-state index in [1.807, 2.05) is 61.5 Å². The van der Waals surface area contributed by atoms with Gasteiger partial charge in [0.25, 0.3) is 0 Å². The number of nitrogens with one attached hydrogen (secondary N) is 1. The van der Waals surface area contributed by atoms with Crippen LogP contribution in [0.1, 0.15) is 30.2 Å². The van der Waals surface area contributed by atoms with E-state index >= 15 is 0 Å². The molecule has 6 heteroatoms. The quantitative estimate of drug-likeness (QED) is 0.525. The summed E-state index contributed by atoms with van der Waals surface area (Å²) in [5.41, 5.74) is 2.81. The zero-order valence-corrected chi connectivity index (χ0v) is 17.6. The van der Waals surface area contributed by atoms with Crippen LogP contribution in [0.3, 0.4) is 0 Å². The first-order chi connectivity index (χ1) is 14.6. The lowest BCUT2D eigenvalue weighted by Gasteiger charge is -2.10. The second-order valence-electron chi connectivity index (χ2n) is 6.90. The summed E-state index contributed by atoms with van der Waals surface area (Å²) in [6.07, 6.45) is 4.16. The van der Waals surface area contributed by atoms with Gasteiger partial charge in [0.2, 0.25) is 5.91 Å². The molecule has 1 N–H and O–H groups in total. The highest BCUT2D eigenvalue weighted by Gasteiger charge is 2.09. The molecule has 0 unspecified atom stereocenters. The van der Waals surface area contributed by atoms with Crippen molar-refractivity contribution >= 4 is 17.8 Å². The first-order valence-corrected chi connectivity index (χ1v) is 9.97. The van der Waals surface area contributed by atoms with Crippen LogP contribution >= 0.6 is 0 Å². The van der Waals surface area contributed by atoms with Gasteiger partial charge in [-0.1, -0.05) is 43.3 Å². The third-order valence-electron chi connectivity index (χ3n) is 4.41. The van der Waals surface area contributed by atoms with Gasteiger partial charge in [-0.05, 0) is 42.7 Å². The van der Waals surface area contributed by atoms with E-state index in [4.69, 9.17) is 9.47 Å². The highest BCUT2D eigenvalue weighted by molar-refractivity contribution is 6.01. The summed E-state index contributed by atoms with van der Waals surface area (Å²) in [4.78, 5) is 12.5. The molecule has 3 rings (SSSR count). The molecule has 0 fully saturated rings. The average molecular weight is 405 g/mol. The van der Waals surface area contributed by atoms with Crippen LogP contribution in [0, 0.1) is 6.92 Å². The highest BCUT2D eigenvalue weighted by atomic mass is 16.5. The van der Waals surface area contributed by atoms with Gasteiger partial charge in [0.1, 0.15) is 5.82 Å². The van der Waals surface area contributed by atoms with Crippen LogP contribution in [0.4, 0.5) is 5.82 Å². The minimum Gasteiger partial charge on any atom is -0.493 e. The van der Waals surface area contributed by atoms with E-state index in [0.29, 0.717) is 30.5 Å².